The van der Waals surface area contributed by atoms with Crippen LogP contribution in [0, 0.1) is 0 Å². The Morgan fingerprint density at radius 2 is 1.90 bits per heavy atom. The molecule has 31 heavy (non-hydrogen) atoms. The van der Waals surface area contributed by atoms with Crippen LogP contribution in [0.3, 0.4) is 0 Å². The minimum Gasteiger partial charge on any atom is -0.490 e. The van der Waals surface area contributed by atoms with Gasteiger partial charge in [0.05, 0.1) is 20.0 Å². The van der Waals surface area contributed by atoms with E-state index in [0.29, 0.717) is 16.5 Å². The lowest BCUT2D eigenvalue weighted by atomic mass is 9.98. The minimum atomic E-state index is -2.14. The number of furan rings is 1. The number of carbonyl (C=O) groups excluding carboxylic acids is 1. The van der Waals surface area contributed by atoms with Crippen LogP contribution in [0.25, 0.3) is 11.0 Å². The first-order valence-electron chi connectivity index (χ1n) is 9.73. The Hall–Kier alpha value is -2.41. The number of aryl methyl sites for hydroxylation is 1. The summed E-state index contributed by atoms with van der Waals surface area (Å²) < 4.78 is 26.9. The molecule has 2 heterocycles. The topological polar surface area (TPSA) is 168 Å². The van der Waals surface area contributed by atoms with Crippen LogP contribution in [-0.2, 0) is 20.7 Å². The molecule has 0 spiro atoms. The third kappa shape index (κ3) is 4.76. The molecular formula is C20H26O11. The molecule has 5 atom stereocenters. The largest absolute Gasteiger partial charge is 0.490 e. The van der Waals surface area contributed by atoms with Crippen molar-refractivity contribution in [2.45, 2.75) is 56.8 Å². The van der Waals surface area contributed by atoms with Crippen LogP contribution in [0.1, 0.15) is 18.9 Å². The number of aliphatic hydroxyl groups excluding tert-OH is 4. The van der Waals surface area contributed by atoms with Crippen molar-refractivity contribution in [2.24, 2.45) is 0 Å². The summed E-state index contributed by atoms with van der Waals surface area (Å²) in [5.41, 5.74) is 0.832. The lowest BCUT2D eigenvalue weighted by Gasteiger charge is -2.40. The van der Waals surface area contributed by atoms with Crippen LogP contribution in [0.2, 0.25) is 0 Å². The maximum absolute atomic E-state index is 11.8. The van der Waals surface area contributed by atoms with Gasteiger partial charge in [-0.1, -0.05) is 0 Å². The van der Waals surface area contributed by atoms with Gasteiger partial charge >= 0.3 is 5.97 Å². The third-order valence-electron chi connectivity index (χ3n) is 4.97. The maximum atomic E-state index is 11.8. The average Bonchev–Trinajstić information content (AvgIpc) is 3.20. The fourth-order valence-electron chi connectivity index (χ4n) is 3.42. The molecule has 3 rings (SSSR count). The molecule has 1 fully saturated rings. The lowest BCUT2D eigenvalue weighted by Crippen LogP contribution is -2.62. The van der Waals surface area contributed by atoms with Crippen molar-refractivity contribution in [1.82, 2.24) is 0 Å². The van der Waals surface area contributed by atoms with Crippen molar-refractivity contribution in [3.8, 4) is 11.5 Å². The van der Waals surface area contributed by atoms with Crippen molar-refractivity contribution in [3.63, 3.8) is 0 Å². The van der Waals surface area contributed by atoms with E-state index >= 15 is 0 Å². The van der Waals surface area contributed by atoms with Gasteiger partial charge in [-0.2, -0.15) is 0 Å². The van der Waals surface area contributed by atoms with E-state index in [1.807, 2.05) is 0 Å². The number of carbonyl (C=O) groups is 1. The maximum Gasteiger partial charge on any atom is 0.306 e. The fourth-order valence-corrected chi connectivity index (χ4v) is 3.42. The van der Waals surface area contributed by atoms with E-state index < -0.39 is 43.0 Å². The highest BCUT2D eigenvalue weighted by atomic mass is 16.7. The van der Waals surface area contributed by atoms with Gasteiger partial charge in [-0.3, -0.25) is 4.79 Å². The summed E-state index contributed by atoms with van der Waals surface area (Å²) in [6.07, 6.45) is -8.95. The fraction of sp³-hybridized carbons (Fsp3) is 0.550. The zero-order chi connectivity index (χ0) is 22.7. The summed E-state index contributed by atoms with van der Waals surface area (Å²) in [5, 5.41) is 49.9. The van der Waals surface area contributed by atoms with E-state index in [1.54, 1.807) is 19.1 Å². The number of fused-ring (bicyclic) bond motifs is 1. The van der Waals surface area contributed by atoms with E-state index in [1.165, 1.54) is 13.4 Å². The number of methoxy groups -OCH3 is 1. The number of hydrogen-bond acceptors (Lipinski definition) is 11. The van der Waals surface area contributed by atoms with Crippen LogP contribution >= 0.6 is 0 Å². The average molecular weight is 442 g/mol. The highest BCUT2D eigenvalue weighted by Crippen LogP contribution is 2.41. The van der Waals surface area contributed by atoms with Gasteiger partial charge in [-0.05, 0) is 31.0 Å². The third-order valence-corrected chi connectivity index (χ3v) is 4.97. The Morgan fingerprint density at radius 1 is 1.16 bits per heavy atom. The summed E-state index contributed by atoms with van der Waals surface area (Å²) in [5.74, 6) is -0.206. The Labute approximate surface area is 177 Å². The normalized spacial score (nSPS) is 26.3. The van der Waals surface area contributed by atoms with Crippen LogP contribution in [-0.4, -0.2) is 82.2 Å². The minimum absolute atomic E-state index is 0.0319. The lowest BCUT2D eigenvalue weighted by molar-refractivity contribution is -0.310. The molecule has 1 aromatic heterocycles. The molecular weight excluding hydrogens is 416 g/mol. The number of esters is 1. The van der Waals surface area contributed by atoms with Crippen molar-refractivity contribution in [1.29, 1.82) is 0 Å². The van der Waals surface area contributed by atoms with Gasteiger partial charge in [0, 0.05) is 11.8 Å². The molecule has 11 heteroatoms. The second kappa shape index (κ2) is 9.81. The summed E-state index contributed by atoms with van der Waals surface area (Å²) in [4.78, 5) is 11.8. The van der Waals surface area contributed by atoms with E-state index in [-0.39, 0.29) is 30.9 Å². The van der Waals surface area contributed by atoms with E-state index in [0.717, 1.165) is 0 Å². The van der Waals surface area contributed by atoms with Crippen molar-refractivity contribution in [2.75, 3.05) is 13.7 Å². The molecule has 1 aromatic carbocycles. The molecule has 5 N–H and O–H groups in total. The molecule has 2 aromatic rings. The second-order valence-corrected chi connectivity index (χ2v) is 7.01. The second-order valence-electron chi connectivity index (χ2n) is 7.01. The predicted octanol–water partition coefficient (Wildman–Crippen LogP) is -0.566. The summed E-state index contributed by atoms with van der Waals surface area (Å²) >= 11 is 0. The van der Waals surface area contributed by atoms with Crippen LogP contribution in [0.5, 0.6) is 11.5 Å². The number of benzene rings is 1. The number of rotatable bonds is 8. The summed E-state index contributed by atoms with van der Waals surface area (Å²) in [6.45, 7) is 1.93. The molecule has 1 aliphatic rings. The van der Waals surface area contributed by atoms with Crippen molar-refractivity contribution in [3.05, 3.63) is 24.0 Å². The number of ether oxygens (including phenoxy) is 4. The molecule has 5 unspecified atom stereocenters. The quantitative estimate of drug-likeness (QED) is 0.262. The smallest absolute Gasteiger partial charge is 0.306 e. The molecule has 0 aliphatic carbocycles. The van der Waals surface area contributed by atoms with E-state index in [9.17, 15) is 30.3 Å². The number of aliphatic hydroxyl groups is 5. The molecule has 11 nitrogen and oxygen atoms in total. The Morgan fingerprint density at radius 3 is 2.55 bits per heavy atom. The Bertz CT molecular complexity index is 893. The molecule has 0 saturated carbocycles. The Balaban J connectivity index is 1.96. The van der Waals surface area contributed by atoms with Gasteiger partial charge in [0.1, 0.15) is 24.4 Å². The monoisotopic (exact) mass is 442 g/mol. The molecule has 1 saturated heterocycles. The van der Waals surface area contributed by atoms with Crippen molar-refractivity contribution >= 4 is 16.9 Å². The highest BCUT2D eigenvalue weighted by molar-refractivity contribution is 5.87. The van der Waals surface area contributed by atoms with Crippen LogP contribution < -0.4 is 9.47 Å². The summed E-state index contributed by atoms with van der Waals surface area (Å²) in [7, 11) is 1.37. The predicted molar refractivity (Wildman–Crippen MR) is 103 cm³/mol. The first-order valence-corrected chi connectivity index (χ1v) is 9.73. The summed E-state index contributed by atoms with van der Waals surface area (Å²) in [6, 6.07) is 3.40. The van der Waals surface area contributed by atoms with Gasteiger partial charge in [-0.25, -0.2) is 0 Å². The first kappa shape index (κ1) is 23.3. The molecule has 0 amide bonds. The van der Waals surface area contributed by atoms with Crippen molar-refractivity contribution < 1.29 is 53.7 Å². The zero-order valence-electron chi connectivity index (χ0n) is 17.0. The number of hydrogen-bond donors (Lipinski definition) is 5. The highest BCUT2D eigenvalue weighted by Gasteiger charge is 2.47. The first-order chi connectivity index (χ1) is 14.8. The molecule has 1 aliphatic heterocycles. The van der Waals surface area contributed by atoms with Gasteiger partial charge in [0.25, 0.3) is 0 Å². The van der Waals surface area contributed by atoms with Gasteiger partial charge in [0.15, 0.2) is 17.6 Å². The molecule has 0 radical (unpaired) electrons. The van der Waals surface area contributed by atoms with E-state index in [4.69, 9.17) is 23.4 Å². The molecule has 0 bridgehead atoms. The zero-order valence-corrected chi connectivity index (χ0v) is 17.0. The van der Waals surface area contributed by atoms with Crippen LogP contribution in [0.15, 0.2) is 22.8 Å². The van der Waals surface area contributed by atoms with E-state index in [2.05, 4.69) is 0 Å². The van der Waals surface area contributed by atoms with Gasteiger partial charge in [0.2, 0.25) is 12.0 Å². The van der Waals surface area contributed by atoms with Crippen LogP contribution in [0.4, 0.5) is 0 Å². The van der Waals surface area contributed by atoms with Gasteiger partial charge < -0.3 is 48.9 Å². The van der Waals surface area contributed by atoms with Gasteiger partial charge in [-0.15, -0.1) is 0 Å². The molecule has 172 valence electrons. The Kier molecular flexibility index (Phi) is 7.36. The SMILES string of the molecule is CCOC(=O)CCc1cc2ccoc2c(OC)c1OC1OC(C(O)O)C(O)C(O)C1O. The standard InChI is InChI=1S/C20H26O11/c1-3-28-11(21)5-4-9-8-10-6-7-29-15(10)18(27-2)16(9)30-20-14(24)12(22)13(23)17(31-20)19(25)26/h6-8,12-14,17,19-20,22-26H,3-5H2,1-2H3.